The van der Waals surface area contributed by atoms with Gasteiger partial charge in [-0.1, -0.05) is 0 Å². The van der Waals surface area contributed by atoms with Crippen LogP contribution < -0.4 is 0 Å². The number of hydrogen-bond acceptors (Lipinski definition) is 2. The maximum atomic E-state index is 3.55. The zero-order chi connectivity index (χ0) is 11.7. The second kappa shape index (κ2) is 4.90. The molecule has 1 atom stereocenters. The van der Waals surface area contributed by atoms with Gasteiger partial charge in [0, 0.05) is 45.0 Å². The number of hydrogen-bond donors (Lipinski definition) is 0. The molecular formula is C12H20BrN3. The lowest BCUT2D eigenvalue weighted by Crippen LogP contribution is -2.45. The van der Waals surface area contributed by atoms with Gasteiger partial charge in [-0.15, -0.1) is 0 Å². The first kappa shape index (κ1) is 12.1. The number of rotatable bonds is 2. The molecule has 0 saturated carbocycles. The summed E-state index contributed by atoms with van der Waals surface area (Å²) in [5.41, 5.74) is 1.39. The van der Waals surface area contributed by atoms with Crippen molar-refractivity contribution < 1.29 is 0 Å². The fourth-order valence-corrected chi connectivity index (χ4v) is 2.65. The molecule has 0 bridgehead atoms. The molecule has 1 saturated heterocycles. The van der Waals surface area contributed by atoms with Crippen LogP contribution in [0.1, 0.15) is 18.7 Å². The molecule has 0 aliphatic carbocycles. The zero-order valence-corrected chi connectivity index (χ0v) is 11.9. The molecule has 0 N–H and O–H groups in total. The summed E-state index contributed by atoms with van der Waals surface area (Å²) in [7, 11) is 4.31. The fraction of sp³-hybridized carbons (Fsp3) is 0.667. The van der Waals surface area contributed by atoms with Gasteiger partial charge in [-0.25, -0.2) is 0 Å². The Labute approximate surface area is 106 Å². The Bertz CT molecular complexity index is 353. The zero-order valence-electron chi connectivity index (χ0n) is 10.3. The molecule has 90 valence electrons. The van der Waals surface area contributed by atoms with E-state index in [0.29, 0.717) is 6.04 Å². The SMILES string of the molecule is CC(c1ccc(Br)n1C)N1CCN(C)CC1. The topological polar surface area (TPSA) is 11.4 Å². The van der Waals surface area contributed by atoms with Gasteiger partial charge in [-0.05, 0) is 42.0 Å². The minimum Gasteiger partial charge on any atom is -0.341 e. The molecule has 1 unspecified atom stereocenters. The Morgan fingerprint density at radius 1 is 1.12 bits per heavy atom. The summed E-state index contributed by atoms with van der Waals surface area (Å²) >= 11 is 3.55. The van der Waals surface area contributed by atoms with Crippen molar-refractivity contribution in [3.05, 3.63) is 22.4 Å². The van der Waals surface area contributed by atoms with Crippen molar-refractivity contribution >= 4 is 15.9 Å². The van der Waals surface area contributed by atoms with Crippen molar-refractivity contribution in [2.45, 2.75) is 13.0 Å². The smallest absolute Gasteiger partial charge is 0.0846 e. The first-order chi connectivity index (χ1) is 7.59. The van der Waals surface area contributed by atoms with Crippen LogP contribution in [0.3, 0.4) is 0 Å². The van der Waals surface area contributed by atoms with Crippen molar-refractivity contribution in [3.8, 4) is 0 Å². The minimum atomic E-state index is 0.505. The normalized spacial score (nSPS) is 21.2. The summed E-state index contributed by atoms with van der Waals surface area (Å²) in [4.78, 5) is 4.95. The quantitative estimate of drug-likeness (QED) is 0.825. The van der Waals surface area contributed by atoms with Gasteiger partial charge >= 0.3 is 0 Å². The van der Waals surface area contributed by atoms with Gasteiger partial charge in [0.1, 0.15) is 0 Å². The van der Waals surface area contributed by atoms with E-state index in [4.69, 9.17) is 0 Å². The van der Waals surface area contributed by atoms with Gasteiger partial charge in [0.15, 0.2) is 0 Å². The lowest BCUT2D eigenvalue weighted by Gasteiger charge is -2.36. The predicted octanol–water partition coefficient (Wildman–Crippen LogP) is 2.10. The van der Waals surface area contributed by atoms with E-state index in [2.05, 4.69) is 63.4 Å². The van der Waals surface area contributed by atoms with Crippen molar-refractivity contribution in [3.63, 3.8) is 0 Å². The highest BCUT2D eigenvalue weighted by Gasteiger charge is 2.22. The molecule has 1 aromatic rings. The molecule has 1 fully saturated rings. The molecule has 4 heteroatoms. The summed E-state index contributed by atoms with van der Waals surface area (Å²) < 4.78 is 3.38. The summed E-state index contributed by atoms with van der Waals surface area (Å²) in [6, 6.07) is 4.85. The largest absolute Gasteiger partial charge is 0.341 e. The number of nitrogens with zero attached hydrogens (tertiary/aromatic N) is 3. The molecule has 3 nitrogen and oxygen atoms in total. The highest BCUT2D eigenvalue weighted by molar-refractivity contribution is 9.10. The molecule has 0 aromatic carbocycles. The van der Waals surface area contributed by atoms with Crippen LogP contribution in [0, 0.1) is 0 Å². The third kappa shape index (κ3) is 2.34. The predicted molar refractivity (Wildman–Crippen MR) is 70.6 cm³/mol. The molecule has 16 heavy (non-hydrogen) atoms. The van der Waals surface area contributed by atoms with Crippen molar-refractivity contribution in [2.75, 3.05) is 33.2 Å². The van der Waals surface area contributed by atoms with Crippen LogP contribution in [-0.4, -0.2) is 47.6 Å². The van der Waals surface area contributed by atoms with Crippen LogP contribution in [0.4, 0.5) is 0 Å². The molecule has 0 radical (unpaired) electrons. The van der Waals surface area contributed by atoms with E-state index in [0.717, 1.165) is 4.60 Å². The van der Waals surface area contributed by atoms with Crippen LogP contribution in [0.15, 0.2) is 16.7 Å². The first-order valence-corrected chi connectivity index (χ1v) is 6.62. The van der Waals surface area contributed by atoms with Gasteiger partial charge < -0.3 is 9.47 Å². The number of halogens is 1. The summed E-state index contributed by atoms with van der Waals surface area (Å²) in [5.74, 6) is 0. The molecular weight excluding hydrogens is 266 g/mol. The van der Waals surface area contributed by atoms with Crippen LogP contribution in [-0.2, 0) is 7.05 Å². The fourth-order valence-electron chi connectivity index (χ4n) is 2.32. The van der Waals surface area contributed by atoms with E-state index in [-0.39, 0.29) is 0 Å². The van der Waals surface area contributed by atoms with Gasteiger partial charge in [0.2, 0.25) is 0 Å². The average Bonchev–Trinajstić information content (AvgIpc) is 2.60. The van der Waals surface area contributed by atoms with E-state index in [1.54, 1.807) is 0 Å². The number of likely N-dealkylation sites (N-methyl/N-ethyl adjacent to an activating group) is 1. The second-order valence-corrected chi connectivity index (χ2v) is 5.47. The highest BCUT2D eigenvalue weighted by Crippen LogP contribution is 2.24. The molecule has 0 spiro atoms. The Morgan fingerprint density at radius 3 is 2.25 bits per heavy atom. The Balaban J connectivity index is 2.07. The van der Waals surface area contributed by atoms with E-state index < -0.39 is 0 Å². The minimum absolute atomic E-state index is 0.505. The molecule has 0 amide bonds. The van der Waals surface area contributed by atoms with E-state index in [1.807, 2.05) is 0 Å². The van der Waals surface area contributed by atoms with Crippen LogP contribution in [0.2, 0.25) is 0 Å². The number of piperazine rings is 1. The van der Waals surface area contributed by atoms with Gasteiger partial charge in [0.05, 0.1) is 4.60 Å². The number of aromatic nitrogens is 1. The molecule has 2 heterocycles. The summed E-state index contributed by atoms with van der Waals surface area (Å²) in [6.07, 6.45) is 0. The Morgan fingerprint density at radius 2 is 1.75 bits per heavy atom. The Kier molecular flexibility index (Phi) is 3.72. The third-order valence-corrected chi connectivity index (χ3v) is 4.41. The van der Waals surface area contributed by atoms with E-state index in [9.17, 15) is 0 Å². The third-order valence-electron chi connectivity index (χ3n) is 3.61. The highest BCUT2D eigenvalue weighted by atomic mass is 79.9. The first-order valence-electron chi connectivity index (χ1n) is 5.83. The standard InChI is InChI=1S/C12H20BrN3/c1-10(11-4-5-12(13)15(11)3)16-8-6-14(2)7-9-16/h4-5,10H,6-9H2,1-3H3. The second-order valence-electron chi connectivity index (χ2n) is 4.66. The van der Waals surface area contributed by atoms with Crippen LogP contribution in [0.25, 0.3) is 0 Å². The maximum absolute atomic E-state index is 3.55. The lowest BCUT2D eigenvalue weighted by molar-refractivity contribution is 0.116. The molecule has 1 aromatic heterocycles. The van der Waals surface area contributed by atoms with E-state index in [1.165, 1.54) is 31.9 Å². The van der Waals surface area contributed by atoms with Crippen molar-refractivity contribution in [1.82, 2.24) is 14.4 Å². The van der Waals surface area contributed by atoms with Gasteiger partial charge in [-0.3, -0.25) is 4.90 Å². The average molecular weight is 286 g/mol. The molecule has 1 aliphatic rings. The van der Waals surface area contributed by atoms with Gasteiger partial charge in [0.25, 0.3) is 0 Å². The lowest BCUT2D eigenvalue weighted by atomic mass is 10.2. The maximum Gasteiger partial charge on any atom is 0.0846 e. The Hall–Kier alpha value is -0.320. The van der Waals surface area contributed by atoms with Gasteiger partial charge in [-0.2, -0.15) is 0 Å². The molecule has 2 rings (SSSR count). The van der Waals surface area contributed by atoms with Crippen molar-refractivity contribution in [2.24, 2.45) is 7.05 Å². The van der Waals surface area contributed by atoms with Crippen LogP contribution in [0.5, 0.6) is 0 Å². The molecule has 1 aliphatic heterocycles. The summed E-state index contributed by atoms with van der Waals surface area (Å²) in [6.45, 7) is 6.99. The monoisotopic (exact) mass is 285 g/mol. The van der Waals surface area contributed by atoms with E-state index >= 15 is 0 Å². The van der Waals surface area contributed by atoms with Crippen molar-refractivity contribution in [1.29, 1.82) is 0 Å². The van der Waals surface area contributed by atoms with Crippen LogP contribution >= 0.6 is 15.9 Å². The summed E-state index contributed by atoms with van der Waals surface area (Å²) in [5, 5.41) is 0.